The topological polar surface area (TPSA) is 29.0 Å². The van der Waals surface area contributed by atoms with Gasteiger partial charge >= 0.3 is 0 Å². The molecule has 1 unspecified atom stereocenters. The van der Waals surface area contributed by atoms with E-state index in [2.05, 4.69) is 28.7 Å². The molecule has 92 valence electrons. The van der Waals surface area contributed by atoms with Crippen LogP contribution in [-0.4, -0.2) is 23.1 Å². The fraction of sp³-hybridized carbons (Fsp3) is 0.714. The van der Waals surface area contributed by atoms with Crippen LogP contribution in [0.25, 0.3) is 0 Å². The predicted octanol–water partition coefficient (Wildman–Crippen LogP) is 2.80. The molecule has 2 fully saturated rings. The Bertz CT molecular complexity index is 441. The van der Waals surface area contributed by atoms with E-state index in [1.54, 1.807) is 0 Å². The van der Waals surface area contributed by atoms with Crippen molar-refractivity contribution in [3.8, 4) is 0 Å². The molecular formula is C14H21N3. The van der Waals surface area contributed by atoms with E-state index in [0.29, 0.717) is 10.8 Å². The smallest absolute Gasteiger partial charge is 0.132 e. The molecule has 3 nitrogen and oxygen atoms in total. The highest BCUT2D eigenvalue weighted by atomic mass is 15.2. The van der Waals surface area contributed by atoms with Gasteiger partial charge in [-0.05, 0) is 43.1 Å². The van der Waals surface area contributed by atoms with Crippen molar-refractivity contribution in [1.82, 2.24) is 9.97 Å². The standard InChI is InChI=1S/C14H21N3/c1-11-15-8-4-12(16-11)17-9-7-14(10-17)6-5-13(14,2)3/h4,8H,5-7,9-10H2,1-3H3. The van der Waals surface area contributed by atoms with Crippen LogP contribution in [0.1, 0.15) is 38.9 Å². The van der Waals surface area contributed by atoms with Gasteiger partial charge in [-0.25, -0.2) is 9.97 Å². The van der Waals surface area contributed by atoms with Crippen molar-refractivity contribution in [2.45, 2.75) is 40.0 Å². The molecule has 0 N–H and O–H groups in total. The number of anilines is 1. The lowest BCUT2D eigenvalue weighted by molar-refractivity contribution is -0.0311. The average molecular weight is 231 g/mol. The van der Waals surface area contributed by atoms with Crippen LogP contribution in [0.3, 0.4) is 0 Å². The third-order valence-electron chi connectivity index (χ3n) is 5.10. The summed E-state index contributed by atoms with van der Waals surface area (Å²) in [4.78, 5) is 11.2. The summed E-state index contributed by atoms with van der Waals surface area (Å²) in [5.41, 5.74) is 1.07. The van der Waals surface area contributed by atoms with Gasteiger partial charge in [0.05, 0.1) is 0 Å². The van der Waals surface area contributed by atoms with Crippen LogP contribution in [0.15, 0.2) is 12.3 Å². The molecule has 1 saturated carbocycles. The van der Waals surface area contributed by atoms with E-state index in [4.69, 9.17) is 0 Å². The van der Waals surface area contributed by atoms with Gasteiger partial charge in [-0.3, -0.25) is 0 Å². The Morgan fingerprint density at radius 2 is 2.06 bits per heavy atom. The molecule has 0 radical (unpaired) electrons. The van der Waals surface area contributed by atoms with Crippen LogP contribution >= 0.6 is 0 Å². The molecule has 1 aliphatic heterocycles. The third-order valence-corrected chi connectivity index (χ3v) is 5.10. The lowest BCUT2D eigenvalue weighted by atomic mass is 9.51. The quantitative estimate of drug-likeness (QED) is 0.744. The van der Waals surface area contributed by atoms with E-state index >= 15 is 0 Å². The molecule has 0 aromatic carbocycles. The van der Waals surface area contributed by atoms with Crippen molar-refractivity contribution in [2.75, 3.05) is 18.0 Å². The predicted molar refractivity (Wildman–Crippen MR) is 69.0 cm³/mol. The monoisotopic (exact) mass is 231 g/mol. The molecule has 3 heteroatoms. The first-order valence-electron chi connectivity index (χ1n) is 6.57. The summed E-state index contributed by atoms with van der Waals surface area (Å²) in [6.07, 6.45) is 5.96. The van der Waals surface area contributed by atoms with Crippen LogP contribution in [0.2, 0.25) is 0 Å². The molecule has 1 aromatic rings. The van der Waals surface area contributed by atoms with E-state index < -0.39 is 0 Å². The summed E-state index contributed by atoms with van der Waals surface area (Å²) in [6.45, 7) is 9.13. The second-order valence-electron chi connectivity index (χ2n) is 6.30. The highest BCUT2D eigenvalue weighted by Crippen LogP contribution is 2.61. The Morgan fingerprint density at radius 3 is 2.59 bits per heavy atom. The lowest BCUT2D eigenvalue weighted by Gasteiger charge is -2.54. The number of hydrogen-bond acceptors (Lipinski definition) is 3. The van der Waals surface area contributed by atoms with Gasteiger partial charge in [0.25, 0.3) is 0 Å². The number of aromatic nitrogens is 2. The Hall–Kier alpha value is -1.12. The zero-order valence-corrected chi connectivity index (χ0v) is 11.0. The molecule has 1 aromatic heterocycles. The molecule has 2 heterocycles. The van der Waals surface area contributed by atoms with Crippen LogP contribution in [0, 0.1) is 17.8 Å². The van der Waals surface area contributed by atoms with Crippen molar-refractivity contribution in [1.29, 1.82) is 0 Å². The molecule has 1 aliphatic carbocycles. The van der Waals surface area contributed by atoms with E-state index in [1.807, 2.05) is 19.2 Å². The molecule has 1 saturated heterocycles. The first-order chi connectivity index (χ1) is 8.02. The third kappa shape index (κ3) is 1.55. The molecule has 3 rings (SSSR count). The van der Waals surface area contributed by atoms with Crippen molar-refractivity contribution >= 4 is 5.82 Å². The van der Waals surface area contributed by atoms with E-state index in [1.165, 1.54) is 25.8 Å². The Labute approximate surface area is 103 Å². The minimum Gasteiger partial charge on any atom is -0.356 e. The van der Waals surface area contributed by atoms with Gasteiger partial charge < -0.3 is 4.90 Å². The highest BCUT2D eigenvalue weighted by Gasteiger charge is 2.55. The molecule has 0 bridgehead atoms. The number of aryl methyl sites for hydroxylation is 1. The second-order valence-corrected chi connectivity index (χ2v) is 6.30. The van der Waals surface area contributed by atoms with Gasteiger partial charge in [0.2, 0.25) is 0 Å². The van der Waals surface area contributed by atoms with Gasteiger partial charge in [-0.1, -0.05) is 13.8 Å². The van der Waals surface area contributed by atoms with Crippen LogP contribution in [0.5, 0.6) is 0 Å². The zero-order chi connectivity index (χ0) is 12.1. The number of nitrogens with zero attached hydrogens (tertiary/aromatic N) is 3. The van der Waals surface area contributed by atoms with E-state index in [9.17, 15) is 0 Å². The maximum absolute atomic E-state index is 4.54. The number of hydrogen-bond donors (Lipinski definition) is 0. The minimum absolute atomic E-state index is 0.518. The Morgan fingerprint density at radius 1 is 1.24 bits per heavy atom. The van der Waals surface area contributed by atoms with Gasteiger partial charge in [-0.2, -0.15) is 0 Å². The summed E-state index contributed by atoms with van der Waals surface area (Å²) in [5.74, 6) is 1.98. The normalized spacial score (nSPS) is 30.6. The van der Waals surface area contributed by atoms with Crippen molar-refractivity contribution in [3.05, 3.63) is 18.1 Å². The number of rotatable bonds is 1. The molecule has 0 amide bonds. The summed E-state index contributed by atoms with van der Waals surface area (Å²) in [7, 11) is 0. The molecule has 1 atom stereocenters. The van der Waals surface area contributed by atoms with Crippen LogP contribution < -0.4 is 4.90 Å². The molecule has 1 spiro atoms. The maximum atomic E-state index is 4.54. The largest absolute Gasteiger partial charge is 0.356 e. The van der Waals surface area contributed by atoms with Crippen LogP contribution in [-0.2, 0) is 0 Å². The highest BCUT2D eigenvalue weighted by molar-refractivity contribution is 5.40. The SMILES string of the molecule is Cc1nccc(N2CCC3(CCC3(C)C)C2)n1. The summed E-state index contributed by atoms with van der Waals surface area (Å²) >= 11 is 0. The van der Waals surface area contributed by atoms with Gasteiger partial charge in [0, 0.05) is 19.3 Å². The fourth-order valence-electron chi connectivity index (χ4n) is 3.42. The van der Waals surface area contributed by atoms with Gasteiger partial charge in [0.15, 0.2) is 0 Å². The Balaban J connectivity index is 1.81. The van der Waals surface area contributed by atoms with E-state index in [0.717, 1.165) is 18.2 Å². The Kier molecular flexibility index (Phi) is 2.22. The molecule has 17 heavy (non-hydrogen) atoms. The van der Waals surface area contributed by atoms with Crippen molar-refractivity contribution in [2.24, 2.45) is 10.8 Å². The first-order valence-corrected chi connectivity index (χ1v) is 6.57. The minimum atomic E-state index is 0.518. The van der Waals surface area contributed by atoms with Crippen molar-refractivity contribution in [3.63, 3.8) is 0 Å². The average Bonchev–Trinajstić information content (AvgIpc) is 2.75. The van der Waals surface area contributed by atoms with E-state index in [-0.39, 0.29) is 0 Å². The molecule has 2 aliphatic rings. The summed E-state index contributed by atoms with van der Waals surface area (Å²) < 4.78 is 0. The second kappa shape index (κ2) is 3.44. The zero-order valence-electron chi connectivity index (χ0n) is 11.0. The summed E-state index contributed by atoms with van der Waals surface area (Å²) in [6, 6.07) is 2.04. The fourth-order valence-corrected chi connectivity index (χ4v) is 3.42. The molecular weight excluding hydrogens is 210 g/mol. The van der Waals surface area contributed by atoms with Crippen LogP contribution in [0.4, 0.5) is 5.82 Å². The summed E-state index contributed by atoms with van der Waals surface area (Å²) in [5, 5.41) is 0. The maximum Gasteiger partial charge on any atom is 0.132 e. The van der Waals surface area contributed by atoms with Crippen molar-refractivity contribution < 1.29 is 0 Å². The lowest BCUT2D eigenvalue weighted by Crippen LogP contribution is -2.49. The van der Waals surface area contributed by atoms with Gasteiger partial charge in [0.1, 0.15) is 11.6 Å². The first kappa shape index (κ1) is 11.0. The van der Waals surface area contributed by atoms with Gasteiger partial charge in [-0.15, -0.1) is 0 Å².